The number of hydrogen-bond acceptors (Lipinski definition) is 8. The minimum atomic E-state index is -1.79. The van der Waals surface area contributed by atoms with Crippen molar-refractivity contribution < 1.29 is 43.9 Å². The summed E-state index contributed by atoms with van der Waals surface area (Å²) in [4.78, 5) is 30.9. The molecule has 194 valence electrons. The van der Waals surface area contributed by atoms with Crippen molar-refractivity contribution in [2.45, 2.75) is 82.5 Å². The highest BCUT2D eigenvalue weighted by atomic mass is 16.8. The number of piperidine rings is 1. The predicted molar refractivity (Wildman–Crippen MR) is 124 cm³/mol. The van der Waals surface area contributed by atoms with Crippen LogP contribution in [0.4, 0.5) is 4.79 Å². The van der Waals surface area contributed by atoms with Crippen LogP contribution in [0, 0.1) is 5.92 Å². The molecule has 1 saturated carbocycles. The summed E-state index contributed by atoms with van der Waals surface area (Å²) in [5.74, 6) is -1.33. The number of rotatable bonds is 7. The number of carboxylic acids is 2. The van der Waals surface area contributed by atoms with Gasteiger partial charge in [0.1, 0.15) is 5.75 Å². The zero-order valence-corrected chi connectivity index (χ0v) is 20.2. The Morgan fingerprint density at radius 3 is 2.60 bits per heavy atom. The number of aliphatic hydroxyl groups is 1. The highest BCUT2D eigenvalue weighted by Gasteiger charge is 2.51. The van der Waals surface area contributed by atoms with Crippen LogP contribution in [0.15, 0.2) is 18.2 Å². The van der Waals surface area contributed by atoms with E-state index in [4.69, 9.17) is 29.5 Å². The second kappa shape index (κ2) is 11.7. The van der Waals surface area contributed by atoms with Crippen molar-refractivity contribution in [3.63, 3.8) is 0 Å². The van der Waals surface area contributed by atoms with E-state index in [0.717, 1.165) is 24.6 Å². The van der Waals surface area contributed by atoms with E-state index in [2.05, 4.69) is 17.4 Å². The van der Waals surface area contributed by atoms with Crippen LogP contribution in [-0.2, 0) is 30.9 Å². The molecule has 0 spiro atoms. The third-order valence-electron chi connectivity index (χ3n) is 7.01. The first-order valence-electron chi connectivity index (χ1n) is 12.1. The Balaban J connectivity index is 0.000000327. The maximum absolute atomic E-state index is 11.5. The monoisotopic (exact) mass is 493 g/mol. The van der Waals surface area contributed by atoms with Gasteiger partial charge < -0.3 is 34.8 Å². The number of ether oxygens (including phenoxy) is 3. The maximum Gasteiger partial charge on any atom is 0.511 e. The molecule has 0 aromatic heterocycles. The molecule has 2 bridgehead atoms. The second-order valence-corrected chi connectivity index (χ2v) is 9.62. The van der Waals surface area contributed by atoms with Gasteiger partial charge in [0.15, 0.2) is 6.10 Å². The molecule has 35 heavy (non-hydrogen) atoms. The fourth-order valence-electron chi connectivity index (χ4n) is 5.62. The Labute approximate surface area is 204 Å². The Bertz CT molecular complexity index is 914. The molecule has 0 radical (unpaired) electrons. The quantitative estimate of drug-likeness (QED) is 0.330. The van der Waals surface area contributed by atoms with Crippen LogP contribution >= 0.6 is 0 Å². The number of aliphatic hydroxyl groups excluding tert-OH is 1. The Morgan fingerprint density at radius 1 is 1.17 bits per heavy atom. The number of carbonyl (C=O) groups is 3. The van der Waals surface area contributed by atoms with Crippen LogP contribution in [0.5, 0.6) is 5.75 Å². The predicted octanol–water partition coefficient (Wildman–Crippen LogP) is 2.84. The molecule has 1 aromatic rings. The summed E-state index contributed by atoms with van der Waals surface area (Å²) in [6.45, 7) is 4.57. The van der Waals surface area contributed by atoms with Crippen molar-refractivity contribution in [1.29, 1.82) is 0 Å². The lowest BCUT2D eigenvalue weighted by atomic mass is 9.53. The van der Waals surface area contributed by atoms with Crippen LogP contribution < -0.4 is 10.1 Å². The van der Waals surface area contributed by atoms with Gasteiger partial charge in [-0.2, -0.15) is 0 Å². The zero-order valence-electron chi connectivity index (χ0n) is 20.2. The third kappa shape index (κ3) is 6.64. The molecule has 2 fully saturated rings. The lowest BCUT2D eigenvalue weighted by Crippen LogP contribution is -2.59. The van der Waals surface area contributed by atoms with Gasteiger partial charge in [0.2, 0.25) is 6.79 Å². The van der Waals surface area contributed by atoms with Crippen LogP contribution in [0.3, 0.4) is 0 Å². The number of fused-ring (bicyclic) bond motifs is 1. The number of hydrogen-bond donors (Lipinski definition) is 4. The molecule has 2 aliphatic carbocycles. The van der Waals surface area contributed by atoms with E-state index in [1.54, 1.807) is 13.8 Å². The molecule has 0 amide bonds. The van der Waals surface area contributed by atoms with Crippen LogP contribution in [0.1, 0.15) is 63.5 Å². The topological polar surface area (TPSA) is 152 Å². The van der Waals surface area contributed by atoms with Gasteiger partial charge in [-0.05, 0) is 75.3 Å². The van der Waals surface area contributed by atoms with E-state index in [1.165, 1.54) is 43.2 Å². The van der Waals surface area contributed by atoms with E-state index < -0.39 is 30.6 Å². The highest BCUT2D eigenvalue weighted by molar-refractivity contribution is 5.79. The minimum Gasteiger partial charge on any atom is -0.481 e. The van der Waals surface area contributed by atoms with E-state index in [9.17, 15) is 14.4 Å². The largest absolute Gasteiger partial charge is 0.511 e. The van der Waals surface area contributed by atoms with Crippen LogP contribution in [-0.4, -0.2) is 65.0 Å². The molecule has 1 saturated heterocycles. The van der Waals surface area contributed by atoms with Crippen LogP contribution in [0.25, 0.3) is 0 Å². The van der Waals surface area contributed by atoms with Gasteiger partial charge in [-0.25, -0.2) is 9.59 Å². The first-order valence-corrected chi connectivity index (χ1v) is 12.1. The number of benzene rings is 1. The van der Waals surface area contributed by atoms with Crippen molar-refractivity contribution in [1.82, 2.24) is 5.32 Å². The van der Waals surface area contributed by atoms with Crippen molar-refractivity contribution in [2.75, 3.05) is 13.3 Å². The summed E-state index contributed by atoms with van der Waals surface area (Å²) in [5, 5.41) is 27.9. The smallest absolute Gasteiger partial charge is 0.481 e. The molecule has 10 nitrogen and oxygen atoms in total. The Morgan fingerprint density at radius 2 is 1.94 bits per heavy atom. The van der Waals surface area contributed by atoms with Gasteiger partial charge in [0, 0.05) is 11.5 Å². The van der Waals surface area contributed by atoms with Gasteiger partial charge in [0.25, 0.3) is 0 Å². The van der Waals surface area contributed by atoms with Gasteiger partial charge in [-0.15, -0.1) is 0 Å². The summed E-state index contributed by atoms with van der Waals surface area (Å²) in [6, 6.07) is 7.01. The number of aliphatic carboxylic acids is 2. The molecule has 3 aliphatic rings. The molecule has 1 heterocycles. The number of nitrogens with one attached hydrogen (secondary N) is 1. The average molecular weight is 494 g/mol. The first kappa shape index (κ1) is 26.7. The molecule has 0 unspecified atom stereocenters. The summed E-state index contributed by atoms with van der Waals surface area (Å²) >= 11 is 0. The fraction of sp³-hybridized carbons (Fsp3) is 0.640. The molecule has 4 rings (SSSR count). The van der Waals surface area contributed by atoms with Gasteiger partial charge >= 0.3 is 18.1 Å². The highest BCUT2D eigenvalue weighted by Crippen LogP contribution is 2.54. The standard InChI is InChI=1S/C21H29NO4.C4H6O5/c1-14(2)26-20(23)25-13-24-16-7-6-15-11-19-17-5-3-4-8-21(17,9-10-22-19)18(15)12-16;5-2(4(8)9)1-3(6)7/h6-7,12,14,17,19,22H,3-5,8-11,13H2,1-2H3;2,5H,1H2,(H,6,7)(H,8,9)/t17-,19-,21+;2-/m10/s1. The molecular weight excluding hydrogens is 458 g/mol. The Kier molecular flexibility index (Phi) is 8.96. The average Bonchev–Trinajstić information content (AvgIpc) is 2.79. The van der Waals surface area contributed by atoms with E-state index in [-0.39, 0.29) is 12.9 Å². The summed E-state index contributed by atoms with van der Waals surface area (Å²) < 4.78 is 15.6. The van der Waals surface area contributed by atoms with Crippen molar-refractivity contribution in [3.05, 3.63) is 29.3 Å². The molecule has 1 aromatic carbocycles. The normalized spacial score (nSPS) is 25.1. The lowest BCUT2D eigenvalue weighted by Gasteiger charge is -2.56. The molecule has 1 aliphatic heterocycles. The molecule has 4 N–H and O–H groups in total. The number of carbonyl (C=O) groups excluding carboxylic acids is 1. The molecule has 10 heteroatoms. The van der Waals surface area contributed by atoms with Crippen LogP contribution in [0.2, 0.25) is 0 Å². The van der Waals surface area contributed by atoms with Gasteiger partial charge in [-0.3, -0.25) is 4.79 Å². The van der Waals surface area contributed by atoms with Crippen molar-refractivity contribution >= 4 is 18.1 Å². The zero-order chi connectivity index (χ0) is 25.6. The van der Waals surface area contributed by atoms with Crippen molar-refractivity contribution in [2.24, 2.45) is 5.92 Å². The van der Waals surface area contributed by atoms with E-state index >= 15 is 0 Å². The lowest BCUT2D eigenvalue weighted by molar-refractivity contribution is -0.152. The summed E-state index contributed by atoms with van der Waals surface area (Å²) in [7, 11) is 0. The molecular formula is C25H35NO9. The third-order valence-corrected chi connectivity index (χ3v) is 7.01. The molecule has 4 atom stereocenters. The van der Waals surface area contributed by atoms with Crippen molar-refractivity contribution in [3.8, 4) is 5.75 Å². The second-order valence-electron chi connectivity index (χ2n) is 9.62. The SMILES string of the molecule is CC(C)OC(=O)OCOc1ccc2c(c1)[C@]13CCCC[C@@H]1[C@@H](C2)NCC3.O=C(O)C[C@H](O)C(=O)O. The summed E-state index contributed by atoms with van der Waals surface area (Å²) in [6.07, 6.45) is 4.17. The van der Waals surface area contributed by atoms with Gasteiger partial charge in [0.05, 0.1) is 12.5 Å². The van der Waals surface area contributed by atoms with E-state index in [1.807, 2.05) is 6.07 Å². The first-order chi connectivity index (χ1) is 16.6. The Hall–Kier alpha value is -2.85. The fourth-order valence-corrected chi connectivity index (χ4v) is 5.62. The summed E-state index contributed by atoms with van der Waals surface area (Å²) in [5.41, 5.74) is 3.23. The van der Waals surface area contributed by atoms with E-state index in [0.29, 0.717) is 11.5 Å². The maximum atomic E-state index is 11.5. The minimum absolute atomic E-state index is 0.120. The number of carboxylic acid groups (broad SMARTS) is 2. The van der Waals surface area contributed by atoms with Gasteiger partial charge in [-0.1, -0.05) is 18.9 Å².